The van der Waals surface area contributed by atoms with Crippen LogP contribution in [0.15, 0.2) is 96.6 Å². The van der Waals surface area contributed by atoms with Crippen molar-refractivity contribution in [3.8, 4) is 22.3 Å². The summed E-state index contributed by atoms with van der Waals surface area (Å²) in [6, 6.07) is 29.4. The molecule has 6 rings (SSSR count). The maximum atomic E-state index is 2.43. The van der Waals surface area contributed by atoms with Crippen LogP contribution in [0.4, 0.5) is 0 Å². The van der Waals surface area contributed by atoms with Gasteiger partial charge in [-0.1, -0.05) is 98.8 Å². The molecule has 0 nitrogen and oxygen atoms in total. The molecule has 4 aromatic carbocycles. The first kappa shape index (κ1) is 19.3. The van der Waals surface area contributed by atoms with Crippen LogP contribution in [-0.2, 0) is 5.41 Å². The van der Waals surface area contributed by atoms with Crippen LogP contribution in [0.5, 0.6) is 0 Å². The lowest BCUT2D eigenvalue weighted by molar-refractivity contribution is 0.651. The van der Waals surface area contributed by atoms with Crippen molar-refractivity contribution in [3.05, 3.63) is 113 Å². The predicted octanol–water partition coefficient (Wildman–Crippen LogP) is 8.88. The third-order valence-electron chi connectivity index (χ3n) is 7.51. The van der Waals surface area contributed by atoms with Crippen molar-refractivity contribution >= 4 is 16.3 Å². The molecule has 0 fully saturated rings. The Labute approximate surface area is 190 Å². The van der Waals surface area contributed by atoms with Crippen LogP contribution in [-0.4, -0.2) is 0 Å². The standard InChI is InChI=1S/C32H28/c1-21-12-13-23-8-4-5-9-26(23)31(21)24-16-14-22(15-17-24)25-18-19-28-27-10-6-7-11-29(27)32(2,3)30(28)20-25/h4-5,7-9,11-20H,6,10H2,1-3H3. The Balaban J connectivity index is 1.41. The van der Waals surface area contributed by atoms with Crippen molar-refractivity contribution in [1.82, 2.24) is 0 Å². The van der Waals surface area contributed by atoms with Gasteiger partial charge in [0.05, 0.1) is 0 Å². The molecular weight excluding hydrogens is 384 g/mol. The first-order chi connectivity index (χ1) is 15.5. The summed E-state index contributed by atoms with van der Waals surface area (Å²) in [4.78, 5) is 0. The summed E-state index contributed by atoms with van der Waals surface area (Å²) in [5, 5.41) is 2.62. The fourth-order valence-electron chi connectivity index (χ4n) is 5.77. The number of benzene rings is 4. The van der Waals surface area contributed by atoms with E-state index >= 15 is 0 Å². The Morgan fingerprint density at radius 3 is 2.34 bits per heavy atom. The second kappa shape index (κ2) is 7.07. The highest BCUT2D eigenvalue weighted by atomic mass is 14.4. The van der Waals surface area contributed by atoms with Gasteiger partial charge in [-0.3, -0.25) is 0 Å². The summed E-state index contributed by atoms with van der Waals surface area (Å²) >= 11 is 0. The topological polar surface area (TPSA) is 0 Å². The van der Waals surface area contributed by atoms with Crippen LogP contribution in [0.25, 0.3) is 38.6 Å². The normalized spacial score (nSPS) is 16.3. The average Bonchev–Trinajstić information content (AvgIpc) is 3.06. The Morgan fingerprint density at radius 1 is 0.750 bits per heavy atom. The van der Waals surface area contributed by atoms with E-state index in [0.717, 1.165) is 6.42 Å². The smallest absolute Gasteiger partial charge is 0.0155 e. The number of fused-ring (bicyclic) bond motifs is 3. The highest BCUT2D eigenvalue weighted by Gasteiger charge is 2.37. The predicted molar refractivity (Wildman–Crippen MR) is 138 cm³/mol. The molecule has 4 aromatic rings. The first-order valence-corrected chi connectivity index (χ1v) is 11.7. The van der Waals surface area contributed by atoms with Crippen LogP contribution < -0.4 is 0 Å². The van der Waals surface area contributed by atoms with E-state index in [-0.39, 0.29) is 5.41 Å². The average molecular weight is 413 g/mol. The van der Waals surface area contributed by atoms with Gasteiger partial charge in [-0.15, -0.1) is 0 Å². The van der Waals surface area contributed by atoms with E-state index in [4.69, 9.17) is 0 Å². The van der Waals surface area contributed by atoms with Crippen LogP contribution in [0.1, 0.15) is 43.4 Å². The number of hydrogen-bond acceptors (Lipinski definition) is 0. The van der Waals surface area contributed by atoms with Gasteiger partial charge in [0.2, 0.25) is 0 Å². The molecule has 0 bridgehead atoms. The zero-order valence-corrected chi connectivity index (χ0v) is 19.1. The van der Waals surface area contributed by atoms with Crippen LogP contribution in [0, 0.1) is 6.92 Å². The van der Waals surface area contributed by atoms with Gasteiger partial charge in [0.25, 0.3) is 0 Å². The van der Waals surface area contributed by atoms with Gasteiger partial charge in [0, 0.05) is 5.41 Å². The van der Waals surface area contributed by atoms with Crippen LogP contribution in [0.2, 0.25) is 0 Å². The third kappa shape index (κ3) is 2.83. The van der Waals surface area contributed by atoms with E-state index in [0.29, 0.717) is 0 Å². The Kier molecular flexibility index (Phi) is 4.27. The minimum Gasteiger partial charge on any atom is -0.0839 e. The zero-order chi connectivity index (χ0) is 21.9. The summed E-state index contributed by atoms with van der Waals surface area (Å²) in [5.41, 5.74) is 12.6. The molecule has 0 aliphatic heterocycles. The van der Waals surface area contributed by atoms with Gasteiger partial charge in [-0.05, 0) is 86.7 Å². The van der Waals surface area contributed by atoms with Crippen molar-refractivity contribution in [2.24, 2.45) is 0 Å². The van der Waals surface area contributed by atoms with E-state index in [2.05, 4.69) is 112 Å². The van der Waals surface area contributed by atoms with Gasteiger partial charge in [-0.25, -0.2) is 0 Å². The lowest BCUT2D eigenvalue weighted by atomic mass is 9.79. The molecule has 0 spiro atoms. The summed E-state index contributed by atoms with van der Waals surface area (Å²) in [7, 11) is 0. The van der Waals surface area contributed by atoms with E-state index in [1.807, 2.05) is 0 Å². The Bertz CT molecular complexity index is 1430. The molecule has 32 heavy (non-hydrogen) atoms. The fraction of sp³-hybridized carbons (Fsp3) is 0.188. The quantitative estimate of drug-likeness (QED) is 0.308. The molecule has 0 unspecified atom stereocenters. The maximum absolute atomic E-state index is 2.43. The van der Waals surface area contributed by atoms with E-state index in [1.54, 1.807) is 5.57 Å². The fourth-order valence-corrected chi connectivity index (χ4v) is 5.77. The second-order valence-corrected chi connectivity index (χ2v) is 9.77. The molecule has 0 saturated heterocycles. The summed E-state index contributed by atoms with van der Waals surface area (Å²) < 4.78 is 0. The second-order valence-electron chi connectivity index (χ2n) is 9.77. The molecule has 0 atom stereocenters. The number of rotatable bonds is 2. The lowest BCUT2D eigenvalue weighted by Gasteiger charge is -2.24. The van der Waals surface area contributed by atoms with E-state index < -0.39 is 0 Å². The SMILES string of the molecule is Cc1ccc2ccccc2c1-c1ccc(-c2ccc3c(c2)C(C)(C)C2=C3CCC=C2)cc1. The van der Waals surface area contributed by atoms with Crippen molar-refractivity contribution in [2.45, 2.75) is 39.0 Å². The molecule has 0 amide bonds. The maximum Gasteiger partial charge on any atom is 0.0155 e. The first-order valence-electron chi connectivity index (χ1n) is 11.7. The van der Waals surface area contributed by atoms with Gasteiger partial charge < -0.3 is 0 Å². The van der Waals surface area contributed by atoms with Crippen LogP contribution >= 0.6 is 0 Å². The molecular formula is C32H28. The molecule has 0 aromatic heterocycles. The highest BCUT2D eigenvalue weighted by Crippen LogP contribution is 2.50. The molecule has 2 aliphatic rings. The largest absolute Gasteiger partial charge is 0.0839 e. The molecule has 0 radical (unpaired) electrons. The van der Waals surface area contributed by atoms with E-state index in [9.17, 15) is 0 Å². The van der Waals surface area contributed by atoms with E-state index in [1.165, 1.54) is 61.7 Å². The monoisotopic (exact) mass is 412 g/mol. The third-order valence-corrected chi connectivity index (χ3v) is 7.51. The molecule has 156 valence electrons. The van der Waals surface area contributed by atoms with Crippen LogP contribution in [0.3, 0.4) is 0 Å². The van der Waals surface area contributed by atoms with Crippen molar-refractivity contribution in [2.75, 3.05) is 0 Å². The molecule has 2 aliphatic carbocycles. The van der Waals surface area contributed by atoms with Crippen molar-refractivity contribution in [3.63, 3.8) is 0 Å². The summed E-state index contributed by atoms with van der Waals surface area (Å²) in [6.45, 7) is 6.96. The number of allylic oxidation sites excluding steroid dienone is 4. The molecule has 0 saturated carbocycles. The van der Waals surface area contributed by atoms with Crippen molar-refractivity contribution < 1.29 is 0 Å². The van der Waals surface area contributed by atoms with Gasteiger partial charge in [0.1, 0.15) is 0 Å². The van der Waals surface area contributed by atoms with Gasteiger partial charge in [-0.2, -0.15) is 0 Å². The minimum atomic E-state index is 0.0810. The molecule has 0 heterocycles. The number of aryl methyl sites for hydroxylation is 1. The molecule has 0 heteroatoms. The van der Waals surface area contributed by atoms with Crippen molar-refractivity contribution in [1.29, 1.82) is 0 Å². The zero-order valence-electron chi connectivity index (χ0n) is 19.1. The van der Waals surface area contributed by atoms with Gasteiger partial charge in [0.15, 0.2) is 0 Å². The Morgan fingerprint density at radius 2 is 1.50 bits per heavy atom. The summed E-state index contributed by atoms with van der Waals surface area (Å²) in [6.07, 6.45) is 7.02. The number of hydrogen-bond donors (Lipinski definition) is 0. The Hall–Kier alpha value is -3.38. The highest BCUT2D eigenvalue weighted by molar-refractivity contribution is 5.98. The minimum absolute atomic E-state index is 0.0810. The molecule has 0 N–H and O–H groups in total. The van der Waals surface area contributed by atoms with Gasteiger partial charge >= 0.3 is 0 Å². The lowest BCUT2D eigenvalue weighted by Crippen LogP contribution is -2.16. The summed E-state index contributed by atoms with van der Waals surface area (Å²) in [5.74, 6) is 0.